The van der Waals surface area contributed by atoms with E-state index in [1.165, 1.54) is 12.1 Å². The van der Waals surface area contributed by atoms with Crippen molar-refractivity contribution in [2.75, 3.05) is 0 Å². The van der Waals surface area contributed by atoms with Crippen molar-refractivity contribution in [1.29, 1.82) is 0 Å². The number of nitrogens with zero attached hydrogens (tertiary/aromatic N) is 2. The van der Waals surface area contributed by atoms with Gasteiger partial charge in [0.25, 0.3) is 5.69 Å². The molecule has 1 aliphatic rings. The van der Waals surface area contributed by atoms with Crippen LogP contribution in [0.2, 0.25) is 0 Å². The minimum absolute atomic E-state index is 0.0353. The summed E-state index contributed by atoms with van der Waals surface area (Å²) in [4.78, 5) is 15.4. The monoisotopic (exact) mass is 533 g/mol. The number of hydrogen-bond donors (Lipinski definition) is 1. The van der Waals surface area contributed by atoms with Gasteiger partial charge >= 0.3 is 43.7 Å². The Labute approximate surface area is 189 Å². The van der Waals surface area contributed by atoms with Gasteiger partial charge in [0.05, 0.1) is 4.92 Å². The van der Waals surface area contributed by atoms with E-state index in [0.29, 0.717) is 11.1 Å². The van der Waals surface area contributed by atoms with Crippen LogP contribution >= 0.6 is 25.5 Å². The van der Waals surface area contributed by atoms with Gasteiger partial charge in [-0.3, -0.25) is 15.1 Å². The minimum atomic E-state index is -2.13. The molecule has 9 heteroatoms. The van der Waals surface area contributed by atoms with Gasteiger partial charge in [-0.05, 0) is 24.8 Å². The second-order valence-corrected chi connectivity index (χ2v) is 18.5. The van der Waals surface area contributed by atoms with Crippen LogP contribution in [0, 0.1) is 10.1 Å². The molecule has 0 amide bonds. The van der Waals surface area contributed by atoms with E-state index in [1.54, 1.807) is 6.21 Å². The second-order valence-electron chi connectivity index (χ2n) is 7.26. The van der Waals surface area contributed by atoms with Gasteiger partial charge in [-0.1, -0.05) is 44.2 Å². The molecule has 2 aromatic rings. The van der Waals surface area contributed by atoms with Crippen molar-refractivity contribution >= 4 is 37.4 Å². The van der Waals surface area contributed by atoms with Gasteiger partial charge in [0.15, 0.2) is 0 Å². The standard InChI is InChI=1S/C20H22N2O3.3ClH.Zr/c1-20(2,15-7-4-3-5-8-15)18-12-17(22(24)25)11-14(19(18)23)13-21-16-9-6-10-16;;;;/h3-5,7-8,11-13,16,23H,6,9-10H2,1-2H3;3*1H;/q;;;;+3/p-3. The summed E-state index contributed by atoms with van der Waals surface area (Å²) in [6.07, 6.45) is 4.81. The molecule has 0 radical (unpaired) electrons. The van der Waals surface area contributed by atoms with Crippen molar-refractivity contribution in [3.63, 3.8) is 0 Å². The van der Waals surface area contributed by atoms with E-state index in [1.807, 2.05) is 44.2 Å². The number of non-ortho nitro benzene ring substituents is 1. The summed E-state index contributed by atoms with van der Waals surface area (Å²) in [7, 11) is 15.0. The molecule has 1 saturated carbocycles. The van der Waals surface area contributed by atoms with E-state index < -0.39 is 28.5 Å². The molecule has 0 saturated heterocycles. The third kappa shape index (κ3) is 6.78. The fraction of sp³-hybridized carbons (Fsp3) is 0.350. The molecule has 0 bridgehead atoms. The van der Waals surface area contributed by atoms with Gasteiger partial charge in [-0.15, -0.1) is 0 Å². The van der Waals surface area contributed by atoms with Crippen LogP contribution in [0.5, 0.6) is 5.75 Å². The Morgan fingerprint density at radius 3 is 2.28 bits per heavy atom. The van der Waals surface area contributed by atoms with Crippen LogP contribution in [-0.2, 0) is 23.6 Å². The SMILES string of the molecule is CC(C)(c1ccccc1)c1cc([N+](=O)[O-])cc(C=NC2CCC2)c1O.[Cl][Zr]([Cl])[Cl]. The van der Waals surface area contributed by atoms with Gasteiger partial charge < -0.3 is 5.11 Å². The molecule has 1 N–H and O–H groups in total. The first kappa shape index (κ1) is 24.3. The fourth-order valence-corrected chi connectivity index (χ4v) is 3.05. The molecular weight excluding hydrogens is 514 g/mol. The van der Waals surface area contributed by atoms with E-state index in [-0.39, 0.29) is 17.5 Å². The number of nitro groups is 1. The van der Waals surface area contributed by atoms with Gasteiger partial charge in [-0.2, -0.15) is 0 Å². The third-order valence-corrected chi connectivity index (χ3v) is 5.00. The summed E-state index contributed by atoms with van der Waals surface area (Å²) < 4.78 is 0. The van der Waals surface area contributed by atoms with Crippen LogP contribution < -0.4 is 0 Å². The molecule has 5 nitrogen and oxygen atoms in total. The van der Waals surface area contributed by atoms with Gasteiger partial charge in [-0.25, -0.2) is 0 Å². The zero-order valence-corrected chi connectivity index (χ0v) is 20.8. The van der Waals surface area contributed by atoms with E-state index in [9.17, 15) is 15.2 Å². The van der Waals surface area contributed by atoms with Crippen molar-refractivity contribution in [1.82, 2.24) is 0 Å². The maximum absolute atomic E-state index is 11.4. The van der Waals surface area contributed by atoms with Crippen LogP contribution in [-0.4, -0.2) is 22.3 Å². The molecule has 1 fully saturated rings. The van der Waals surface area contributed by atoms with Crippen molar-refractivity contribution in [2.45, 2.75) is 44.6 Å². The first-order valence-electron chi connectivity index (χ1n) is 9.07. The first-order valence-corrected chi connectivity index (χ1v) is 18.6. The number of rotatable bonds is 5. The molecule has 0 aromatic heterocycles. The number of phenols is 1. The Hall–Kier alpha value is -0.937. The van der Waals surface area contributed by atoms with Crippen LogP contribution in [0.4, 0.5) is 5.69 Å². The van der Waals surface area contributed by atoms with Crippen LogP contribution in [0.15, 0.2) is 47.5 Å². The predicted octanol–water partition coefficient (Wildman–Crippen LogP) is 6.66. The van der Waals surface area contributed by atoms with Crippen molar-refractivity contribution in [3.8, 4) is 5.75 Å². The van der Waals surface area contributed by atoms with Crippen LogP contribution in [0.3, 0.4) is 0 Å². The number of aliphatic imine (C=N–C) groups is 1. The van der Waals surface area contributed by atoms with Gasteiger partial charge in [0, 0.05) is 40.9 Å². The number of phenolic OH excluding ortho intramolecular Hbond substituents is 1. The summed E-state index contributed by atoms with van der Waals surface area (Å²) in [6, 6.07) is 12.8. The topological polar surface area (TPSA) is 75.7 Å². The average molecular weight is 536 g/mol. The number of benzene rings is 2. The molecule has 0 spiro atoms. The predicted molar refractivity (Wildman–Crippen MR) is 116 cm³/mol. The molecule has 155 valence electrons. The summed E-state index contributed by atoms with van der Waals surface area (Å²) in [5, 5.41) is 22.1. The zero-order chi connectivity index (χ0) is 21.6. The van der Waals surface area contributed by atoms with Crippen molar-refractivity contribution in [2.24, 2.45) is 4.99 Å². The van der Waals surface area contributed by atoms with Crippen molar-refractivity contribution in [3.05, 3.63) is 69.3 Å². The fourth-order valence-electron chi connectivity index (χ4n) is 3.05. The van der Waals surface area contributed by atoms with E-state index in [4.69, 9.17) is 25.5 Å². The van der Waals surface area contributed by atoms with E-state index in [0.717, 1.165) is 24.8 Å². The van der Waals surface area contributed by atoms with Crippen LogP contribution in [0.1, 0.15) is 49.8 Å². The van der Waals surface area contributed by atoms with Gasteiger partial charge in [0.2, 0.25) is 0 Å². The average Bonchev–Trinajstić information content (AvgIpc) is 2.61. The van der Waals surface area contributed by atoms with Crippen LogP contribution in [0.25, 0.3) is 0 Å². The first-order chi connectivity index (χ1) is 13.6. The van der Waals surface area contributed by atoms with Crippen molar-refractivity contribution < 1.29 is 28.2 Å². The number of hydrogen-bond acceptors (Lipinski definition) is 4. The summed E-state index contributed by atoms with van der Waals surface area (Å²) >= 11 is -2.13. The molecule has 0 atom stereocenters. The summed E-state index contributed by atoms with van der Waals surface area (Å²) in [5.74, 6) is 0.0579. The Morgan fingerprint density at radius 2 is 1.79 bits per heavy atom. The molecule has 0 heterocycles. The molecule has 0 aliphatic heterocycles. The Bertz CT molecular complexity index is 870. The Kier molecular flexibility index (Phi) is 9.15. The molecule has 29 heavy (non-hydrogen) atoms. The zero-order valence-electron chi connectivity index (χ0n) is 16.1. The van der Waals surface area contributed by atoms with E-state index >= 15 is 0 Å². The second kappa shape index (κ2) is 10.9. The summed E-state index contributed by atoms with van der Waals surface area (Å²) in [6.45, 7) is 3.90. The Morgan fingerprint density at radius 1 is 1.21 bits per heavy atom. The molecule has 1 aliphatic carbocycles. The quantitative estimate of drug-likeness (QED) is 0.264. The normalized spacial score (nSPS) is 14.1. The number of halogens is 3. The number of aromatic hydroxyl groups is 1. The molecule has 0 unspecified atom stereocenters. The van der Waals surface area contributed by atoms with Gasteiger partial charge in [0.1, 0.15) is 5.75 Å². The number of nitro benzene ring substituents is 1. The Balaban J connectivity index is 0.000000687. The summed E-state index contributed by atoms with van der Waals surface area (Å²) in [5.41, 5.74) is 1.30. The third-order valence-electron chi connectivity index (χ3n) is 5.00. The maximum atomic E-state index is 11.4. The molecular formula is C20H22Cl3N2O3Zr. The van der Waals surface area contributed by atoms with E-state index in [2.05, 4.69) is 4.99 Å². The molecule has 3 rings (SSSR count). The molecule has 2 aromatic carbocycles.